The topological polar surface area (TPSA) is 21.3 Å². The van der Waals surface area contributed by atoms with Gasteiger partial charge in [-0.05, 0) is 36.8 Å². The molecule has 0 radical (unpaired) electrons. The van der Waals surface area contributed by atoms with E-state index in [1.54, 1.807) is 7.11 Å². The molecular formula is C16H27NO. The van der Waals surface area contributed by atoms with Gasteiger partial charge in [-0.3, -0.25) is 0 Å². The van der Waals surface area contributed by atoms with Gasteiger partial charge in [0.05, 0.1) is 6.61 Å². The Hall–Kier alpha value is -0.860. The first-order chi connectivity index (χ1) is 8.61. The first-order valence-corrected chi connectivity index (χ1v) is 6.92. The molecule has 0 saturated heterocycles. The van der Waals surface area contributed by atoms with E-state index in [-0.39, 0.29) is 0 Å². The summed E-state index contributed by atoms with van der Waals surface area (Å²) in [5.41, 5.74) is 2.84. The molecule has 0 fully saturated rings. The Morgan fingerprint density at radius 3 is 2.06 bits per heavy atom. The van der Waals surface area contributed by atoms with Gasteiger partial charge in [-0.15, -0.1) is 0 Å². The second-order valence-electron chi connectivity index (χ2n) is 5.47. The maximum Gasteiger partial charge on any atom is 0.0587 e. The molecule has 0 aromatic heterocycles. The van der Waals surface area contributed by atoms with Crippen LogP contribution in [0, 0.1) is 5.92 Å². The molecule has 0 bridgehead atoms. The molecule has 1 N–H and O–H groups in total. The minimum Gasteiger partial charge on any atom is -0.383 e. The molecule has 2 heteroatoms. The molecule has 1 unspecified atom stereocenters. The molecule has 1 atom stereocenters. The van der Waals surface area contributed by atoms with E-state index >= 15 is 0 Å². The summed E-state index contributed by atoms with van der Waals surface area (Å²) >= 11 is 0. The molecule has 0 amide bonds. The van der Waals surface area contributed by atoms with Gasteiger partial charge in [-0.1, -0.05) is 38.1 Å². The fourth-order valence-corrected chi connectivity index (χ4v) is 2.12. The normalized spacial score (nSPS) is 12.9. The van der Waals surface area contributed by atoms with Crippen molar-refractivity contribution in [2.45, 2.75) is 39.7 Å². The summed E-state index contributed by atoms with van der Waals surface area (Å²) in [5.74, 6) is 0.727. The molecule has 0 aliphatic carbocycles. The van der Waals surface area contributed by atoms with Gasteiger partial charge in [0.15, 0.2) is 0 Å². The van der Waals surface area contributed by atoms with Gasteiger partial charge in [0, 0.05) is 19.7 Å². The van der Waals surface area contributed by atoms with E-state index in [9.17, 15) is 0 Å². The van der Waals surface area contributed by atoms with E-state index in [1.807, 2.05) is 0 Å². The standard InChI is InChI=1S/C16H27NO/c1-13(2)11-15-5-7-16(8-6-15)12-14(3)17-9-10-18-4/h5-8,13-14,17H,9-12H2,1-4H3. The second-order valence-corrected chi connectivity index (χ2v) is 5.47. The summed E-state index contributed by atoms with van der Waals surface area (Å²) in [6.07, 6.45) is 2.24. The van der Waals surface area contributed by atoms with Gasteiger partial charge < -0.3 is 10.1 Å². The van der Waals surface area contributed by atoms with Gasteiger partial charge >= 0.3 is 0 Å². The number of methoxy groups -OCH3 is 1. The van der Waals surface area contributed by atoms with Crippen molar-refractivity contribution in [1.82, 2.24) is 5.32 Å². The third-order valence-electron chi connectivity index (χ3n) is 3.01. The molecule has 1 rings (SSSR count). The summed E-state index contributed by atoms with van der Waals surface area (Å²) in [6, 6.07) is 9.53. The predicted molar refractivity (Wildman–Crippen MR) is 78.0 cm³/mol. The van der Waals surface area contributed by atoms with Crippen LogP contribution in [0.25, 0.3) is 0 Å². The maximum absolute atomic E-state index is 5.03. The SMILES string of the molecule is COCCNC(C)Cc1ccc(CC(C)C)cc1. The van der Waals surface area contributed by atoms with Gasteiger partial charge in [-0.25, -0.2) is 0 Å². The van der Waals surface area contributed by atoms with Crippen molar-refractivity contribution in [2.24, 2.45) is 5.92 Å². The number of hydrogen-bond donors (Lipinski definition) is 1. The van der Waals surface area contributed by atoms with E-state index in [0.717, 1.165) is 25.5 Å². The third kappa shape index (κ3) is 6.18. The van der Waals surface area contributed by atoms with E-state index in [0.29, 0.717) is 6.04 Å². The van der Waals surface area contributed by atoms with Gasteiger partial charge in [0.25, 0.3) is 0 Å². The van der Waals surface area contributed by atoms with Crippen LogP contribution in [0.5, 0.6) is 0 Å². The van der Waals surface area contributed by atoms with Gasteiger partial charge in [0.1, 0.15) is 0 Å². The zero-order valence-electron chi connectivity index (χ0n) is 12.2. The van der Waals surface area contributed by atoms with Crippen LogP contribution in [-0.2, 0) is 17.6 Å². The Bertz CT molecular complexity index is 318. The lowest BCUT2D eigenvalue weighted by atomic mass is 10.00. The highest BCUT2D eigenvalue weighted by molar-refractivity contribution is 5.23. The number of hydrogen-bond acceptors (Lipinski definition) is 2. The molecule has 18 heavy (non-hydrogen) atoms. The van der Waals surface area contributed by atoms with Crippen molar-refractivity contribution >= 4 is 0 Å². The molecule has 102 valence electrons. The fourth-order valence-electron chi connectivity index (χ4n) is 2.12. The predicted octanol–water partition coefficient (Wildman–Crippen LogP) is 3.05. The third-order valence-corrected chi connectivity index (χ3v) is 3.01. The van der Waals surface area contributed by atoms with Crippen molar-refractivity contribution in [1.29, 1.82) is 0 Å². The van der Waals surface area contributed by atoms with Crippen molar-refractivity contribution in [3.63, 3.8) is 0 Å². The average Bonchev–Trinajstić information content (AvgIpc) is 2.31. The van der Waals surface area contributed by atoms with Crippen LogP contribution in [0.2, 0.25) is 0 Å². The van der Waals surface area contributed by atoms with Crippen LogP contribution in [-0.4, -0.2) is 26.3 Å². The highest BCUT2D eigenvalue weighted by atomic mass is 16.5. The molecule has 1 aromatic rings. The molecular weight excluding hydrogens is 222 g/mol. The monoisotopic (exact) mass is 249 g/mol. The first-order valence-electron chi connectivity index (χ1n) is 6.92. The Labute approximate surface area is 112 Å². The molecule has 1 aromatic carbocycles. The number of benzene rings is 1. The summed E-state index contributed by atoms with van der Waals surface area (Å²) in [7, 11) is 1.74. The van der Waals surface area contributed by atoms with Crippen LogP contribution in [0.4, 0.5) is 0 Å². The van der Waals surface area contributed by atoms with Crippen LogP contribution in [0.3, 0.4) is 0 Å². The summed E-state index contributed by atoms with van der Waals surface area (Å²) in [6.45, 7) is 8.43. The quantitative estimate of drug-likeness (QED) is 0.715. The van der Waals surface area contributed by atoms with Crippen molar-refractivity contribution in [3.05, 3.63) is 35.4 Å². The zero-order chi connectivity index (χ0) is 13.4. The van der Waals surface area contributed by atoms with Crippen LogP contribution in [0.1, 0.15) is 31.9 Å². The van der Waals surface area contributed by atoms with Crippen LogP contribution in [0.15, 0.2) is 24.3 Å². The Balaban J connectivity index is 2.38. The van der Waals surface area contributed by atoms with E-state index in [4.69, 9.17) is 4.74 Å². The molecule has 0 aliphatic heterocycles. The maximum atomic E-state index is 5.03. The minimum absolute atomic E-state index is 0.496. The minimum atomic E-state index is 0.496. The van der Waals surface area contributed by atoms with E-state index in [1.165, 1.54) is 17.5 Å². The molecule has 2 nitrogen and oxygen atoms in total. The fraction of sp³-hybridized carbons (Fsp3) is 0.625. The number of nitrogens with one attached hydrogen (secondary N) is 1. The van der Waals surface area contributed by atoms with E-state index < -0.39 is 0 Å². The van der Waals surface area contributed by atoms with Gasteiger partial charge in [-0.2, -0.15) is 0 Å². The van der Waals surface area contributed by atoms with Gasteiger partial charge in [0.2, 0.25) is 0 Å². The highest BCUT2D eigenvalue weighted by Gasteiger charge is 2.03. The smallest absolute Gasteiger partial charge is 0.0587 e. The summed E-state index contributed by atoms with van der Waals surface area (Å²) in [5, 5.41) is 3.45. The Morgan fingerprint density at radius 2 is 1.56 bits per heavy atom. The molecule has 0 heterocycles. The number of ether oxygens (including phenoxy) is 1. The van der Waals surface area contributed by atoms with Crippen molar-refractivity contribution in [2.75, 3.05) is 20.3 Å². The largest absolute Gasteiger partial charge is 0.383 e. The molecule has 0 spiro atoms. The molecule has 0 aliphatic rings. The second kappa shape index (κ2) is 8.28. The summed E-state index contributed by atoms with van der Waals surface area (Å²) in [4.78, 5) is 0. The van der Waals surface area contributed by atoms with Crippen LogP contribution < -0.4 is 5.32 Å². The molecule has 0 saturated carbocycles. The lowest BCUT2D eigenvalue weighted by Gasteiger charge is -2.14. The highest BCUT2D eigenvalue weighted by Crippen LogP contribution is 2.11. The Morgan fingerprint density at radius 1 is 1.00 bits per heavy atom. The van der Waals surface area contributed by atoms with Crippen LogP contribution >= 0.6 is 0 Å². The zero-order valence-corrected chi connectivity index (χ0v) is 12.2. The first kappa shape index (κ1) is 15.2. The average molecular weight is 249 g/mol. The lowest BCUT2D eigenvalue weighted by Crippen LogP contribution is -2.30. The van der Waals surface area contributed by atoms with E-state index in [2.05, 4.69) is 50.4 Å². The lowest BCUT2D eigenvalue weighted by molar-refractivity contribution is 0.196. The van der Waals surface area contributed by atoms with Crippen molar-refractivity contribution < 1.29 is 4.74 Å². The number of rotatable bonds is 8. The van der Waals surface area contributed by atoms with Crippen molar-refractivity contribution in [3.8, 4) is 0 Å². The Kier molecular flexibility index (Phi) is 6.99. The summed E-state index contributed by atoms with van der Waals surface area (Å²) < 4.78 is 5.03.